The molecule has 0 saturated carbocycles. The van der Waals surface area contributed by atoms with E-state index in [2.05, 4.69) is 22.9 Å². The smallest absolute Gasteiger partial charge is 0.338 e. The summed E-state index contributed by atoms with van der Waals surface area (Å²) in [6.45, 7) is 2.94. The van der Waals surface area contributed by atoms with Crippen molar-refractivity contribution in [2.24, 2.45) is 0 Å². The summed E-state index contributed by atoms with van der Waals surface area (Å²) in [5, 5.41) is 0. The van der Waals surface area contributed by atoms with Crippen molar-refractivity contribution >= 4 is 21.9 Å². The summed E-state index contributed by atoms with van der Waals surface area (Å²) < 4.78 is 12.8. The van der Waals surface area contributed by atoms with Gasteiger partial charge in [0.25, 0.3) is 0 Å². The molecular weight excluding hydrogens is 476 g/mol. The molecule has 0 aliphatic heterocycles. The summed E-state index contributed by atoms with van der Waals surface area (Å²) in [5.74, 6) is 0.456. The van der Waals surface area contributed by atoms with E-state index in [1.54, 1.807) is 12.1 Å². The molecule has 0 amide bonds. The Bertz CT molecular complexity index is 952. The molecule has 0 aliphatic rings. The van der Waals surface area contributed by atoms with Crippen molar-refractivity contribution in [1.29, 1.82) is 0 Å². The van der Waals surface area contributed by atoms with Crippen LogP contribution >= 0.6 is 15.9 Å². The Hall–Kier alpha value is -2.59. The van der Waals surface area contributed by atoms with E-state index in [-0.39, 0.29) is 12.1 Å². The second kappa shape index (κ2) is 13.8. The first kappa shape index (κ1) is 25.0. The number of hydrogen-bond donors (Lipinski definition) is 0. The zero-order valence-electron chi connectivity index (χ0n) is 19.3. The van der Waals surface area contributed by atoms with E-state index in [9.17, 15) is 4.79 Å². The molecule has 1 atom stereocenters. The van der Waals surface area contributed by atoms with Gasteiger partial charge < -0.3 is 9.47 Å². The maximum Gasteiger partial charge on any atom is 0.338 e. The summed E-state index contributed by atoms with van der Waals surface area (Å²) in [4.78, 5) is 12.9. The fourth-order valence-electron chi connectivity index (χ4n) is 3.69. The molecule has 4 heteroatoms. The average Bonchev–Trinajstić information content (AvgIpc) is 2.85. The number of carbonyl (C=O) groups excluding carboxylic acids is 1. The Labute approximate surface area is 206 Å². The Morgan fingerprint density at radius 3 is 2.18 bits per heavy atom. The van der Waals surface area contributed by atoms with Crippen LogP contribution in [0.5, 0.6) is 5.75 Å². The summed E-state index contributed by atoms with van der Waals surface area (Å²) in [5.41, 5.74) is 2.62. The van der Waals surface area contributed by atoms with Gasteiger partial charge in [-0.25, -0.2) is 4.79 Å². The van der Waals surface area contributed by atoms with Crippen LogP contribution in [0.2, 0.25) is 0 Å². The lowest BCUT2D eigenvalue weighted by atomic mass is 10.0. The van der Waals surface area contributed by atoms with Gasteiger partial charge in [0.05, 0.1) is 12.2 Å². The van der Waals surface area contributed by atoms with Crippen LogP contribution in [-0.2, 0) is 11.2 Å². The number of ether oxygens (including phenoxy) is 2. The molecule has 3 aromatic carbocycles. The molecule has 0 bridgehead atoms. The minimum atomic E-state index is -0.358. The molecule has 1 unspecified atom stereocenters. The van der Waals surface area contributed by atoms with Crippen molar-refractivity contribution in [3.63, 3.8) is 0 Å². The van der Waals surface area contributed by atoms with Crippen molar-refractivity contribution < 1.29 is 14.3 Å². The lowest BCUT2D eigenvalue weighted by Crippen LogP contribution is -2.14. The van der Waals surface area contributed by atoms with Crippen LogP contribution in [-0.4, -0.2) is 12.6 Å². The van der Waals surface area contributed by atoms with Gasteiger partial charge in [0.2, 0.25) is 0 Å². The van der Waals surface area contributed by atoms with Crippen LogP contribution in [0.15, 0.2) is 83.3 Å². The molecule has 174 valence electrons. The first-order chi connectivity index (χ1) is 16.2. The zero-order chi connectivity index (χ0) is 23.3. The Morgan fingerprint density at radius 1 is 0.818 bits per heavy atom. The lowest BCUT2D eigenvalue weighted by Gasteiger charge is -2.19. The van der Waals surface area contributed by atoms with Gasteiger partial charge in [0.1, 0.15) is 11.9 Å². The highest BCUT2D eigenvalue weighted by Crippen LogP contribution is 2.25. The second-order valence-corrected chi connectivity index (χ2v) is 9.19. The predicted molar refractivity (Wildman–Crippen MR) is 138 cm³/mol. The van der Waals surface area contributed by atoms with Crippen LogP contribution < -0.4 is 4.74 Å². The molecule has 0 aliphatic carbocycles. The Kier molecular flexibility index (Phi) is 10.5. The first-order valence-corrected chi connectivity index (χ1v) is 12.7. The molecule has 0 fully saturated rings. The van der Waals surface area contributed by atoms with Gasteiger partial charge in [-0.15, -0.1) is 0 Å². The molecule has 3 nitrogen and oxygen atoms in total. The monoisotopic (exact) mass is 508 g/mol. The highest BCUT2D eigenvalue weighted by Gasteiger charge is 2.19. The third kappa shape index (κ3) is 8.70. The maximum absolute atomic E-state index is 12.9. The highest BCUT2D eigenvalue weighted by atomic mass is 79.9. The van der Waals surface area contributed by atoms with Gasteiger partial charge >= 0.3 is 5.97 Å². The van der Waals surface area contributed by atoms with Gasteiger partial charge in [-0.3, -0.25) is 0 Å². The van der Waals surface area contributed by atoms with Gasteiger partial charge in [0, 0.05) is 10.9 Å². The van der Waals surface area contributed by atoms with Crippen LogP contribution in [0.3, 0.4) is 0 Å². The highest BCUT2D eigenvalue weighted by molar-refractivity contribution is 9.10. The lowest BCUT2D eigenvalue weighted by molar-refractivity contribution is 0.0297. The molecule has 0 aromatic heterocycles. The Morgan fingerprint density at radius 2 is 1.48 bits per heavy atom. The van der Waals surface area contributed by atoms with Gasteiger partial charge in [-0.2, -0.15) is 0 Å². The fraction of sp³-hybridized carbons (Fsp3) is 0.345. The maximum atomic E-state index is 12.9. The molecule has 0 heterocycles. The summed E-state index contributed by atoms with van der Waals surface area (Å²) in [6, 6.07) is 25.2. The van der Waals surface area contributed by atoms with Crippen molar-refractivity contribution in [2.75, 3.05) is 6.61 Å². The second-order valence-electron chi connectivity index (χ2n) is 8.28. The van der Waals surface area contributed by atoms with E-state index in [1.165, 1.54) is 32.1 Å². The standard InChI is InChI=1S/C29H33BrO3/c1-2-3-4-5-6-10-21-32-27-19-15-25(16-20-27)29(31)33-28(24-11-8-7-9-12-24)22-23-13-17-26(30)18-14-23/h7-9,11-20,28H,2-6,10,21-22H2,1H3. The molecule has 3 rings (SSSR count). The minimum absolute atomic E-state index is 0.330. The number of unbranched alkanes of at least 4 members (excludes halogenated alkanes) is 5. The van der Waals surface area contributed by atoms with E-state index in [1.807, 2.05) is 66.7 Å². The largest absolute Gasteiger partial charge is 0.494 e. The Balaban J connectivity index is 1.56. The quantitative estimate of drug-likeness (QED) is 0.172. The first-order valence-electron chi connectivity index (χ1n) is 11.9. The van der Waals surface area contributed by atoms with E-state index in [0.29, 0.717) is 18.6 Å². The van der Waals surface area contributed by atoms with Crippen molar-refractivity contribution in [3.8, 4) is 5.75 Å². The number of carbonyl (C=O) groups is 1. The molecule has 0 spiro atoms. The molecular formula is C29H33BrO3. The molecule has 33 heavy (non-hydrogen) atoms. The van der Waals surface area contributed by atoms with Crippen molar-refractivity contribution in [2.45, 2.75) is 58.0 Å². The van der Waals surface area contributed by atoms with Crippen LogP contribution in [0.4, 0.5) is 0 Å². The van der Waals surface area contributed by atoms with E-state index in [4.69, 9.17) is 9.47 Å². The molecule has 3 aromatic rings. The average molecular weight is 509 g/mol. The SMILES string of the molecule is CCCCCCCCOc1ccc(C(=O)OC(Cc2ccc(Br)cc2)c2ccccc2)cc1. The number of rotatable bonds is 13. The number of hydrogen-bond acceptors (Lipinski definition) is 3. The third-order valence-electron chi connectivity index (χ3n) is 5.61. The summed E-state index contributed by atoms with van der Waals surface area (Å²) in [6.07, 6.45) is 7.66. The summed E-state index contributed by atoms with van der Waals surface area (Å²) >= 11 is 3.47. The van der Waals surface area contributed by atoms with E-state index >= 15 is 0 Å². The molecule has 0 saturated heterocycles. The van der Waals surface area contributed by atoms with Crippen molar-refractivity contribution in [3.05, 3.63) is 100 Å². The van der Waals surface area contributed by atoms with Crippen LogP contribution in [0.25, 0.3) is 0 Å². The summed E-state index contributed by atoms with van der Waals surface area (Å²) in [7, 11) is 0. The minimum Gasteiger partial charge on any atom is -0.494 e. The van der Waals surface area contributed by atoms with Crippen LogP contribution in [0.1, 0.15) is 73.0 Å². The zero-order valence-corrected chi connectivity index (χ0v) is 20.9. The van der Waals surface area contributed by atoms with Crippen LogP contribution in [0, 0.1) is 0 Å². The van der Waals surface area contributed by atoms with Gasteiger partial charge in [-0.05, 0) is 53.9 Å². The number of halogens is 1. The predicted octanol–water partition coefficient (Wildman–Crippen LogP) is 8.33. The van der Waals surface area contributed by atoms with E-state index in [0.717, 1.165) is 27.8 Å². The molecule has 0 N–H and O–H groups in total. The van der Waals surface area contributed by atoms with E-state index < -0.39 is 0 Å². The number of benzene rings is 3. The normalized spacial score (nSPS) is 11.7. The van der Waals surface area contributed by atoms with Gasteiger partial charge in [-0.1, -0.05) is 97.4 Å². The fourth-order valence-corrected chi connectivity index (χ4v) is 3.95. The van der Waals surface area contributed by atoms with Crippen molar-refractivity contribution in [1.82, 2.24) is 0 Å². The third-order valence-corrected chi connectivity index (χ3v) is 6.14. The number of esters is 1. The topological polar surface area (TPSA) is 35.5 Å². The van der Waals surface area contributed by atoms with Gasteiger partial charge in [0.15, 0.2) is 0 Å². The molecule has 0 radical (unpaired) electrons.